The van der Waals surface area contributed by atoms with Crippen LogP contribution in [0.2, 0.25) is 0 Å². The molecule has 203 valence electrons. The number of hydrogen-bond acceptors (Lipinski definition) is 3. The van der Waals surface area contributed by atoms with Gasteiger partial charge in [0.1, 0.15) is 0 Å². The van der Waals surface area contributed by atoms with E-state index in [0.29, 0.717) is 30.6 Å². The number of aliphatic hydroxyl groups excluding tert-OH is 1. The van der Waals surface area contributed by atoms with E-state index in [2.05, 4.69) is 77.1 Å². The zero-order chi connectivity index (χ0) is 27.0. The molecule has 0 saturated carbocycles. The third-order valence-corrected chi connectivity index (χ3v) is 6.10. The number of rotatable bonds is 8. The Balaban J connectivity index is 0.000000423. The van der Waals surface area contributed by atoms with Gasteiger partial charge in [-0.2, -0.15) is 0 Å². The molecule has 1 N–H and O–H groups in total. The van der Waals surface area contributed by atoms with Crippen molar-refractivity contribution in [3.05, 3.63) is 76.6 Å². The molecule has 2 aromatic carbocycles. The number of carbonyl (C=O) groups excluding carboxylic acids is 1. The maximum Gasteiger partial charge on any atom is 0.159 e. The number of aliphatic hydroxyl groups is 1. The molecule has 1 heterocycles. The molecule has 0 saturated heterocycles. The third kappa shape index (κ3) is 10.5. The van der Waals surface area contributed by atoms with Crippen molar-refractivity contribution in [2.45, 2.75) is 81.6 Å². The summed E-state index contributed by atoms with van der Waals surface area (Å²) in [7, 11) is 0. The number of fused-ring (bicyclic) bond motifs is 1. The summed E-state index contributed by atoms with van der Waals surface area (Å²) in [6.45, 7) is 19.0. The Bertz CT molecular complexity index is 1190. The van der Waals surface area contributed by atoms with Gasteiger partial charge in [0.2, 0.25) is 0 Å². The number of carbonyl (C=O) groups is 1. The van der Waals surface area contributed by atoms with Gasteiger partial charge in [0.25, 0.3) is 0 Å². The van der Waals surface area contributed by atoms with Crippen LogP contribution in [0.15, 0.2) is 48.2 Å². The normalized spacial score (nSPS) is 11.5. The number of pyridine rings is 1. The molecule has 4 heteroatoms. The molecule has 37 heavy (non-hydrogen) atoms. The monoisotopic (exact) mass is 679 g/mol. The first-order chi connectivity index (χ1) is 16.9. The SMILES string of the molecule is CC(C)CC(=O)/C=C(\O)CC(C)C.Cc1[c-]c(-c2cc(CC(C)C)c3ccccc3n2)cc(C)c1C.[Ir]. The first-order valence-electron chi connectivity index (χ1n) is 13.2. The Morgan fingerprint density at radius 3 is 2.14 bits per heavy atom. The number of benzene rings is 2. The van der Waals surface area contributed by atoms with E-state index in [-0.39, 0.29) is 31.6 Å². The summed E-state index contributed by atoms with van der Waals surface area (Å²) in [4.78, 5) is 16.1. The summed E-state index contributed by atoms with van der Waals surface area (Å²) < 4.78 is 0. The maximum atomic E-state index is 11.2. The second kappa shape index (κ2) is 15.2. The van der Waals surface area contributed by atoms with Gasteiger partial charge >= 0.3 is 0 Å². The summed E-state index contributed by atoms with van der Waals surface area (Å²) in [6, 6.07) is 16.4. The van der Waals surface area contributed by atoms with Crippen LogP contribution in [0.1, 0.15) is 76.6 Å². The van der Waals surface area contributed by atoms with Crippen LogP contribution in [0, 0.1) is 44.6 Å². The second-order valence-corrected chi connectivity index (χ2v) is 11.2. The standard InChI is InChI=1S/C22H24N.C11H20O2.Ir/c1-14(2)10-18-13-22(23-21-9-7-6-8-20(18)21)19-11-15(3)17(5)16(4)12-19;1-8(2)5-10(12)7-11(13)6-9(3)4;/h6-9,11,13-14H,10H2,1-5H3;7-9,12H,5-6H2,1-4H3;/q-1;;/b;10-7-;. The molecule has 0 aliphatic heterocycles. The number of nitrogens with zero attached hydrogens (tertiary/aromatic N) is 1. The van der Waals surface area contributed by atoms with E-state index in [4.69, 9.17) is 4.98 Å². The van der Waals surface area contributed by atoms with Gasteiger partial charge in [-0.05, 0) is 41.5 Å². The summed E-state index contributed by atoms with van der Waals surface area (Å²) in [5, 5.41) is 10.6. The van der Waals surface area contributed by atoms with Crippen molar-refractivity contribution >= 4 is 16.7 Å². The van der Waals surface area contributed by atoms with Crippen LogP contribution in [-0.4, -0.2) is 15.9 Å². The van der Waals surface area contributed by atoms with Crippen LogP contribution in [0.5, 0.6) is 0 Å². The molecule has 0 atom stereocenters. The van der Waals surface area contributed by atoms with Crippen LogP contribution in [0.4, 0.5) is 0 Å². The summed E-state index contributed by atoms with van der Waals surface area (Å²) in [6.07, 6.45) is 3.53. The van der Waals surface area contributed by atoms with Crippen molar-refractivity contribution in [1.82, 2.24) is 4.98 Å². The van der Waals surface area contributed by atoms with Crippen molar-refractivity contribution in [2.75, 3.05) is 0 Å². The Kier molecular flexibility index (Phi) is 13.4. The molecule has 0 unspecified atom stereocenters. The van der Waals surface area contributed by atoms with E-state index in [1.165, 1.54) is 33.7 Å². The Hall–Kier alpha value is -2.29. The van der Waals surface area contributed by atoms with E-state index in [1.807, 2.05) is 27.7 Å². The van der Waals surface area contributed by atoms with E-state index >= 15 is 0 Å². The Labute approximate surface area is 238 Å². The van der Waals surface area contributed by atoms with Crippen molar-refractivity contribution in [2.24, 2.45) is 17.8 Å². The maximum absolute atomic E-state index is 11.2. The number of para-hydroxylation sites is 1. The molecule has 1 aromatic heterocycles. The van der Waals surface area contributed by atoms with Gasteiger partial charge in [-0.15, -0.1) is 34.4 Å². The van der Waals surface area contributed by atoms with Gasteiger partial charge in [0.05, 0.1) is 11.3 Å². The number of allylic oxidation sites excluding steroid dienone is 2. The molecular weight excluding hydrogens is 635 g/mol. The molecule has 0 fully saturated rings. The number of hydrogen-bond donors (Lipinski definition) is 1. The van der Waals surface area contributed by atoms with Crippen LogP contribution >= 0.6 is 0 Å². The average molecular weight is 679 g/mol. The quantitative estimate of drug-likeness (QED) is 0.147. The topological polar surface area (TPSA) is 50.2 Å². The Morgan fingerprint density at radius 1 is 0.946 bits per heavy atom. The van der Waals surface area contributed by atoms with Gasteiger partial charge in [0, 0.05) is 44.4 Å². The van der Waals surface area contributed by atoms with Crippen LogP contribution in [0.3, 0.4) is 0 Å². The minimum Gasteiger partial charge on any atom is -0.512 e. The van der Waals surface area contributed by atoms with Gasteiger partial charge in [-0.1, -0.05) is 86.6 Å². The zero-order valence-corrected chi connectivity index (χ0v) is 26.4. The minimum absolute atomic E-state index is 0. The van der Waals surface area contributed by atoms with Crippen molar-refractivity contribution in [3.8, 4) is 11.3 Å². The Morgan fingerprint density at radius 2 is 1.57 bits per heavy atom. The number of ketones is 1. The summed E-state index contributed by atoms with van der Waals surface area (Å²) >= 11 is 0. The molecule has 0 aliphatic carbocycles. The zero-order valence-electron chi connectivity index (χ0n) is 24.0. The van der Waals surface area contributed by atoms with E-state index in [9.17, 15) is 9.90 Å². The molecule has 0 aliphatic rings. The van der Waals surface area contributed by atoms with E-state index in [0.717, 1.165) is 23.2 Å². The summed E-state index contributed by atoms with van der Waals surface area (Å²) in [5.74, 6) is 1.60. The van der Waals surface area contributed by atoms with E-state index < -0.39 is 0 Å². The molecular formula is C33H44IrNO2-. The predicted octanol–water partition coefficient (Wildman–Crippen LogP) is 8.91. The van der Waals surface area contributed by atoms with Gasteiger partial charge in [-0.3, -0.25) is 9.78 Å². The van der Waals surface area contributed by atoms with Crippen LogP contribution < -0.4 is 0 Å². The molecule has 1 radical (unpaired) electrons. The molecule has 0 bridgehead atoms. The van der Waals surface area contributed by atoms with Crippen molar-refractivity contribution in [3.63, 3.8) is 0 Å². The van der Waals surface area contributed by atoms with Crippen molar-refractivity contribution in [1.29, 1.82) is 0 Å². The summed E-state index contributed by atoms with van der Waals surface area (Å²) in [5.41, 5.74) is 8.41. The fourth-order valence-corrected chi connectivity index (χ4v) is 4.21. The third-order valence-electron chi connectivity index (χ3n) is 6.10. The van der Waals surface area contributed by atoms with E-state index in [1.54, 1.807) is 0 Å². The molecule has 0 spiro atoms. The smallest absolute Gasteiger partial charge is 0.159 e. The first-order valence-corrected chi connectivity index (χ1v) is 13.2. The van der Waals surface area contributed by atoms with Crippen LogP contribution in [0.25, 0.3) is 22.2 Å². The van der Waals surface area contributed by atoms with Gasteiger partial charge in [0.15, 0.2) is 5.78 Å². The average Bonchev–Trinajstić information content (AvgIpc) is 2.75. The fourth-order valence-electron chi connectivity index (χ4n) is 4.21. The molecule has 3 aromatic rings. The second-order valence-electron chi connectivity index (χ2n) is 11.2. The van der Waals surface area contributed by atoms with Gasteiger partial charge < -0.3 is 5.11 Å². The number of aryl methyl sites for hydroxylation is 2. The first kappa shape index (κ1) is 32.7. The molecule has 3 rings (SSSR count). The predicted molar refractivity (Wildman–Crippen MR) is 153 cm³/mol. The molecule has 3 nitrogen and oxygen atoms in total. The van der Waals surface area contributed by atoms with Gasteiger partial charge in [-0.25, -0.2) is 0 Å². The fraction of sp³-hybridized carbons (Fsp3) is 0.455. The van der Waals surface area contributed by atoms with Crippen LogP contribution in [-0.2, 0) is 31.3 Å². The largest absolute Gasteiger partial charge is 0.512 e. The molecule has 0 amide bonds. The minimum atomic E-state index is 0. The van der Waals surface area contributed by atoms with Crippen molar-refractivity contribution < 1.29 is 30.0 Å². The number of aromatic nitrogens is 1.